The highest BCUT2D eigenvalue weighted by molar-refractivity contribution is 7.51. The summed E-state index contributed by atoms with van der Waals surface area (Å²) in [7, 11) is 0. The minimum absolute atomic E-state index is 0.0894. The second-order valence-corrected chi connectivity index (χ2v) is 8.79. The Balaban J connectivity index is 0.000000288. The summed E-state index contributed by atoms with van der Waals surface area (Å²) in [6, 6.07) is 18.9. The highest BCUT2D eigenvalue weighted by Gasteiger charge is 2.14. The van der Waals surface area contributed by atoms with Crippen LogP contribution in [0.2, 0.25) is 0 Å². The highest BCUT2D eigenvalue weighted by Crippen LogP contribution is 2.25. The molecule has 45 heavy (non-hydrogen) atoms. The first-order chi connectivity index (χ1) is 21.2. The molecule has 0 amide bonds. The maximum atomic E-state index is 11.0. The molecule has 0 spiro atoms. The largest absolute Gasteiger partial charge is 0.478 e. The molecule has 14 nitrogen and oxygen atoms in total. The van der Waals surface area contributed by atoms with Crippen molar-refractivity contribution in [1.29, 1.82) is 0 Å². The Morgan fingerprint density at radius 3 is 0.711 bits per heavy atom. The molecule has 4 rings (SSSR count). The van der Waals surface area contributed by atoms with E-state index in [0.717, 1.165) is 12.1 Å². The zero-order valence-corrected chi connectivity index (χ0v) is 23.3. The van der Waals surface area contributed by atoms with Crippen molar-refractivity contribution in [2.45, 2.75) is 0 Å². The van der Waals surface area contributed by atoms with Gasteiger partial charge in [-0.2, -0.15) is 8.42 Å². The van der Waals surface area contributed by atoms with Crippen molar-refractivity contribution in [2.75, 3.05) is 0 Å². The molecule has 0 aliphatic heterocycles. The van der Waals surface area contributed by atoms with E-state index in [1.54, 1.807) is 0 Å². The van der Waals surface area contributed by atoms with Gasteiger partial charge in [0.25, 0.3) is 0 Å². The van der Waals surface area contributed by atoms with Gasteiger partial charge in [-0.25, -0.2) is 28.8 Å². The monoisotopic (exact) mass is 636 g/mol. The molecule has 4 aromatic carbocycles. The fourth-order valence-corrected chi connectivity index (χ4v) is 3.69. The summed E-state index contributed by atoms with van der Waals surface area (Å²) in [5.41, 5.74) is 1.45. The fourth-order valence-electron chi connectivity index (χ4n) is 3.69. The summed E-state index contributed by atoms with van der Waals surface area (Å²) in [5.74, 6) is -7.09. The SMILES string of the molecule is O=C(O)c1ccc(-c2cc(C(=O)O)cc(C(=O)O)c2)cc1.O=C(O)c1ccc(-c2cc(C(=O)O)cc(C(=O)O)c2)cc1.O=S=O. The predicted octanol–water partition coefficient (Wildman–Crippen LogP) is 4.23. The molecule has 0 aromatic heterocycles. The molecule has 0 aliphatic rings. The number of aromatic carboxylic acids is 6. The van der Waals surface area contributed by atoms with Gasteiger partial charge in [-0.05, 0) is 82.9 Å². The maximum Gasteiger partial charge on any atom is 0.335 e. The van der Waals surface area contributed by atoms with E-state index in [-0.39, 0.29) is 33.4 Å². The second kappa shape index (κ2) is 15.7. The fraction of sp³-hybridized carbons (Fsp3) is 0. The zero-order chi connectivity index (χ0) is 33.8. The average Bonchev–Trinajstić information content (AvgIpc) is 3.01. The van der Waals surface area contributed by atoms with Gasteiger partial charge >= 0.3 is 47.4 Å². The number of carbonyl (C=O) groups is 6. The second-order valence-electron chi connectivity index (χ2n) is 8.65. The molecule has 0 saturated carbocycles. The number of carboxylic acids is 6. The Morgan fingerprint density at radius 2 is 0.533 bits per heavy atom. The van der Waals surface area contributed by atoms with Gasteiger partial charge in [0.1, 0.15) is 0 Å². The molecular formula is C30H20O14S. The number of benzene rings is 4. The first-order valence-corrected chi connectivity index (χ1v) is 12.7. The third kappa shape index (κ3) is 9.79. The average molecular weight is 637 g/mol. The maximum absolute atomic E-state index is 11.0. The Bertz CT molecular complexity index is 1630. The van der Waals surface area contributed by atoms with E-state index in [9.17, 15) is 28.8 Å². The van der Waals surface area contributed by atoms with Crippen molar-refractivity contribution < 1.29 is 67.8 Å². The van der Waals surface area contributed by atoms with E-state index in [4.69, 9.17) is 39.1 Å². The number of carboxylic acid groups (broad SMARTS) is 6. The van der Waals surface area contributed by atoms with Crippen LogP contribution >= 0.6 is 0 Å². The first-order valence-electron chi connectivity index (χ1n) is 12.0. The van der Waals surface area contributed by atoms with Crippen molar-refractivity contribution in [3.05, 3.63) is 118 Å². The summed E-state index contributed by atoms with van der Waals surface area (Å²) in [6.45, 7) is 0. The van der Waals surface area contributed by atoms with E-state index in [0.29, 0.717) is 22.3 Å². The number of rotatable bonds is 8. The van der Waals surface area contributed by atoms with Crippen LogP contribution in [0.4, 0.5) is 0 Å². The van der Waals surface area contributed by atoms with Crippen molar-refractivity contribution in [2.24, 2.45) is 0 Å². The van der Waals surface area contributed by atoms with Crippen LogP contribution < -0.4 is 0 Å². The summed E-state index contributed by atoms with van der Waals surface area (Å²) in [5, 5.41) is 53.7. The predicted molar refractivity (Wildman–Crippen MR) is 154 cm³/mol. The van der Waals surface area contributed by atoms with Crippen LogP contribution in [0, 0.1) is 0 Å². The van der Waals surface area contributed by atoms with Gasteiger partial charge in [0.2, 0.25) is 0 Å². The minimum atomic E-state index is -1.23. The number of hydrogen-bond donors (Lipinski definition) is 6. The third-order valence-electron chi connectivity index (χ3n) is 5.78. The van der Waals surface area contributed by atoms with Crippen LogP contribution in [-0.4, -0.2) is 74.9 Å². The van der Waals surface area contributed by atoms with Crippen LogP contribution in [0.3, 0.4) is 0 Å². The standard InChI is InChI=1S/2C15H10O6.O2S/c2*16-13(17)9-3-1-8(2-4-9)10-5-11(14(18)19)7-12(6-10)15(20)21;1-3-2/h2*1-7H,(H,16,17)(H,18,19)(H,20,21);. The Hall–Kier alpha value is -6.48. The van der Waals surface area contributed by atoms with Crippen LogP contribution in [0.15, 0.2) is 84.9 Å². The molecule has 0 unspecified atom stereocenters. The lowest BCUT2D eigenvalue weighted by atomic mass is 9.99. The topological polar surface area (TPSA) is 258 Å². The van der Waals surface area contributed by atoms with Gasteiger partial charge in [0, 0.05) is 0 Å². The van der Waals surface area contributed by atoms with Crippen molar-refractivity contribution in [1.82, 2.24) is 0 Å². The molecule has 0 atom stereocenters. The van der Waals surface area contributed by atoms with Crippen LogP contribution in [-0.2, 0) is 11.6 Å². The molecule has 0 saturated heterocycles. The normalized spacial score (nSPS) is 9.69. The van der Waals surface area contributed by atoms with Gasteiger partial charge in [-0.3, -0.25) is 0 Å². The molecule has 230 valence electrons. The quantitative estimate of drug-likeness (QED) is 0.158. The Labute approximate surface area is 255 Å². The van der Waals surface area contributed by atoms with Gasteiger partial charge in [0.15, 0.2) is 0 Å². The lowest BCUT2D eigenvalue weighted by molar-refractivity contribution is 0.0676. The van der Waals surface area contributed by atoms with Gasteiger partial charge in [-0.15, -0.1) is 0 Å². The lowest BCUT2D eigenvalue weighted by Gasteiger charge is -2.06. The summed E-state index contributed by atoms with van der Waals surface area (Å²) >= 11 is -0.750. The van der Waals surface area contributed by atoms with E-state index < -0.39 is 47.4 Å². The molecule has 0 heterocycles. The molecule has 0 fully saturated rings. The third-order valence-corrected chi connectivity index (χ3v) is 5.78. The first kappa shape index (κ1) is 34.7. The molecule has 0 bridgehead atoms. The minimum Gasteiger partial charge on any atom is -0.478 e. The molecule has 0 radical (unpaired) electrons. The summed E-state index contributed by atoms with van der Waals surface area (Å²) in [4.78, 5) is 65.7. The Morgan fingerprint density at radius 1 is 0.333 bits per heavy atom. The van der Waals surface area contributed by atoms with E-state index in [1.165, 1.54) is 72.8 Å². The zero-order valence-electron chi connectivity index (χ0n) is 22.4. The van der Waals surface area contributed by atoms with Crippen molar-refractivity contribution in [3.63, 3.8) is 0 Å². The van der Waals surface area contributed by atoms with Crippen molar-refractivity contribution in [3.8, 4) is 22.3 Å². The highest BCUT2D eigenvalue weighted by atomic mass is 32.1. The molecule has 15 heteroatoms. The number of hydrogen-bond acceptors (Lipinski definition) is 8. The molecular weight excluding hydrogens is 616 g/mol. The smallest absolute Gasteiger partial charge is 0.335 e. The molecule has 6 N–H and O–H groups in total. The van der Waals surface area contributed by atoms with Gasteiger partial charge in [0.05, 0.1) is 33.4 Å². The molecule has 0 aliphatic carbocycles. The summed E-state index contributed by atoms with van der Waals surface area (Å²) in [6.07, 6.45) is 0. The van der Waals surface area contributed by atoms with Gasteiger partial charge < -0.3 is 30.6 Å². The van der Waals surface area contributed by atoms with Gasteiger partial charge in [-0.1, -0.05) is 24.3 Å². The van der Waals surface area contributed by atoms with Crippen LogP contribution in [0.5, 0.6) is 0 Å². The molecule has 4 aromatic rings. The van der Waals surface area contributed by atoms with Crippen LogP contribution in [0.1, 0.15) is 62.1 Å². The van der Waals surface area contributed by atoms with E-state index in [2.05, 4.69) is 0 Å². The van der Waals surface area contributed by atoms with E-state index in [1.807, 2.05) is 0 Å². The lowest BCUT2D eigenvalue weighted by Crippen LogP contribution is -2.03. The summed E-state index contributed by atoms with van der Waals surface area (Å²) < 4.78 is 16.6. The van der Waals surface area contributed by atoms with E-state index >= 15 is 0 Å². The Kier molecular flexibility index (Phi) is 12.1. The van der Waals surface area contributed by atoms with Crippen LogP contribution in [0.25, 0.3) is 22.3 Å². The van der Waals surface area contributed by atoms with Crippen molar-refractivity contribution >= 4 is 47.4 Å².